The number of hydrogen-bond acceptors (Lipinski definition) is 17. The van der Waals surface area contributed by atoms with Crippen LogP contribution in [0.1, 0.15) is 396 Å². The molecule has 15 nitrogen and oxygen atoms in total. The summed E-state index contributed by atoms with van der Waals surface area (Å²) >= 11 is 3.32. The molecular formula is C128H185N5O10S2. The molecule has 40 atom stereocenters. The molecular weight excluding hydrogens is 1830 g/mol. The number of rotatable bonds is 15. The van der Waals surface area contributed by atoms with E-state index in [1.54, 1.807) is 47.5 Å². The first-order valence-corrected chi connectivity index (χ1v) is 61.6. The molecule has 4 heterocycles. The van der Waals surface area contributed by atoms with Crippen molar-refractivity contribution in [3.05, 3.63) is 122 Å². The van der Waals surface area contributed by atoms with Crippen LogP contribution in [0.2, 0.25) is 0 Å². The van der Waals surface area contributed by atoms with Crippen molar-refractivity contribution in [2.75, 3.05) is 0 Å². The third-order valence-electron chi connectivity index (χ3n) is 48.6. The summed E-state index contributed by atoms with van der Waals surface area (Å²) in [5.74, 6) is 23.1. The molecule has 4 aromatic heterocycles. The predicted molar refractivity (Wildman–Crippen MR) is 576 cm³/mol. The molecule has 1 aromatic carbocycles. The van der Waals surface area contributed by atoms with Gasteiger partial charge in [-0.15, -0.1) is 22.7 Å². The van der Waals surface area contributed by atoms with E-state index in [2.05, 4.69) is 85.5 Å². The van der Waals surface area contributed by atoms with E-state index in [1.165, 1.54) is 203 Å². The smallest absolute Gasteiger partial charge is 0.143 e. The van der Waals surface area contributed by atoms with Gasteiger partial charge in [-0.05, 0) is 530 Å². The molecule has 145 heavy (non-hydrogen) atoms. The van der Waals surface area contributed by atoms with Crippen molar-refractivity contribution in [2.45, 2.75) is 432 Å². The van der Waals surface area contributed by atoms with E-state index in [-0.39, 0.29) is 56.7 Å². The summed E-state index contributed by atoms with van der Waals surface area (Å²) in [5.41, 5.74) is 2.97. The fraction of sp³-hybridized carbons (Fsp3) is 0.797. The number of Topliss-reactive ketones (excluding diaryl/α,β-unsaturated/α-hetero) is 5. The molecule has 0 unspecified atom stereocenters. The van der Waals surface area contributed by atoms with Gasteiger partial charge in [0.1, 0.15) is 33.9 Å². The van der Waals surface area contributed by atoms with Gasteiger partial charge in [-0.1, -0.05) is 71.0 Å². The molecule has 20 aliphatic carbocycles. The van der Waals surface area contributed by atoms with Crippen molar-refractivity contribution in [3.8, 4) is 0 Å². The number of aromatic nitrogens is 5. The fourth-order valence-electron chi connectivity index (χ4n) is 42.0. The average molecular weight is 2020 g/mol. The van der Waals surface area contributed by atoms with Gasteiger partial charge in [-0.25, -0.2) is 9.97 Å². The number of pyridine rings is 1. The van der Waals surface area contributed by atoms with Crippen LogP contribution in [0.4, 0.5) is 0 Å². The van der Waals surface area contributed by atoms with Crippen LogP contribution in [0.5, 0.6) is 0 Å². The molecule has 0 radical (unpaired) electrons. The van der Waals surface area contributed by atoms with Gasteiger partial charge in [0.05, 0.1) is 63.7 Å². The zero-order chi connectivity index (χ0) is 101. The van der Waals surface area contributed by atoms with Crippen LogP contribution < -0.4 is 0 Å². The minimum atomic E-state index is -0.442. The molecule has 25 rings (SSSR count). The maximum atomic E-state index is 13.4. The van der Waals surface area contributed by atoms with E-state index >= 15 is 0 Å². The van der Waals surface area contributed by atoms with Crippen LogP contribution in [0.15, 0.2) is 85.0 Å². The third-order valence-corrected chi connectivity index (χ3v) is 50.5. The highest BCUT2D eigenvalue weighted by atomic mass is 32.1. The standard InChI is InChI=1S/C27H38O2.C26H39NO2S.C26H37NO2.C25H36N2O2.C24H35NO2S/c1-26(29)14-12-20-19(17-26)8-9-22-21(20)13-15-27(2)23(22)10-11-24(27)25(28)16-18-6-4-3-5-7-18;1-15-16(2)30-24(27-15)13-23(28)22-8-7-21-20-6-5-17-14-25(3,29)11-9-18(17)19(20)10-12-26(21,22)4;1-25(29)11-9-19-18(15-25)5-6-21-20(19)10-12-26(2)22(21)7-8-23(26)24(28)14-17-4-3-13-27-16-17;1-24(29)9-7-18-16(14-24)3-4-20-19(18)8-10-25(2)21(20)5-6-22(25)23(28)13-17-15-26-11-12-27-17;1-23(27)9-7-16-15(14-23)3-4-18-17(16)8-10-24(2)19(18)5-6-20(24)21(26)13-22-25-11-12-28-22/h3-7,19-24,29H,8-17H2,1-2H3;17-22,29H,5-14H2,1-4H3;3-4,13,16,18-23,29H,5-12,14-15H2,1-2H3;11-12,15-16,18-22,29H,3-10,13-14H2,1-2H3;11-12,15-20,27H,3-10,13-14H2,1-2H3/t19-,20+,21-,22-,23+,24-,26-,27+;17-,18+,19-,20-,21+,22-,25-,26+;18-,19+,20-,21-,22+,23-,25-,26+;16-,18+,19-,20-,21+,22-,24-,25+;15-,16+,17-,18-,19+,20-,23-,24+/m11111/s1. The Kier molecular flexibility index (Phi) is 30.3. The minimum Gasteiger partial charge on any atom is -0.390 e. The molecule has 5 aromatic rings. The number of aliphatic hydroxyl groups is 5. The zero-order valence-corrected chi connectivity index (χ0v) is 92.7. The normalized spacial score (nSPS) is 46.5. The molecule has 794 valence electrons. The Morgan fingerprint density at radius 1 is 0.290 bits per heavy atom. The number of thiazole rings is 2. The van der Waals surface area contributed by atoms with Gasteiger partial charge in [0, 0.05) is 89.9 Å². The maximum absolute atomic E-state index is 13.4. The van der Waals surface area contributed by atoms with Gasteiger partial charge < -0.3 is 25.5 Å². The largest absolute Gasteiger partial charge is 0.390 e. The van der Waals surface area contributed by atoms with Crippen molar-refractivity contribution < 1.29 is 49.5 Å². The monoisotopic (exact) mass is 2020 g/mol. The van der Waals surface area contributed by atoms with E-state index in [0.717, 1.165) is 265 Å². The quantitative estimate of drug-likeness (QED) is 0.0654. The van der Waals surface area contributed by atoms with Gasteiger partial charge in [-0.2, -0.15) is 0 Å². The Morgan fingerprint density at radius 2 is 0.593 bits per heavy atom. The number of fused-ring (bicyclic) bond motifs is 25. The number of benzene rings is 1. The van der Waals surface area contributed by atoms with Crippen molar-refractivity contribution in [2.24, 2.45) is 205 Å². The Balaban J connectivity index is 0.000000107. The molecule has 20 fully saturated rings. The summed E-state index contributed by atoms with van der Waals surface area (Å²) < 4.78 is 0. The van der Waals surface area contributed by atoms with Gasteiger partial charge >= 0.3 is 0 Å². The summed E-state index contributed by atoms with van der Waals surface area (Å²) in [4.78, 5) is 89.3. The summed E-state index contributed by atoms with van der Waals surface area (Å²) in [6.07, 6.45) is 66.7. The maximum Gasteiger partial charge on any atom is 0.143 e. The summed E-state index contributed by atoms with van der Waals surface area (Å²) in [7, 11) is 0. The van der Waals surface area contributed by atoms with Crippen molar-refractivity contribution in [3.63, 3.8) is 0 Å². The van der Waals surface area contributed by atoms with Crippen LogP contribution in [0, 0.1) is 218 Å². The number of hydrogen-bond donors (Lipinski definition) is 5. The number of carbonyl (C=O) groups is 5. The first kappa shape index (κ1) is 106. The van der Waals surface area contributed by atoms with Crippen LogP contribution in [0.25, 0.3) is 0 Å². The van der Waals surface area contributed by atoms with Crippen molar-refractivity contribution >= 4 is 51.6 Å². The Bertz CT molecular complexity index is 5020. The molecule has 0 bridgehead atoms. The zero-order valence-electron chi connectivity index (χ0n) is 91.1. The van der Waals surface area contributed by atoms with E-state index in [1.807, 2.05) is 82.7 Å². The van der Waals surface area contributed by atoms with E-state index in [9.17, 15) is 49.5 Å². The summed E-state index contributed by atoms with van der Waals surface area (Å²) in [6.45, 7) is 26.6. The van der Waals surface area contributed by atoms with Crippen LogP contribution in [0.3, 0.4) is 0 Å². The second-order valence-corrected chi connectivity index (χ2v) is 58.9. The van der Waals surface area contributed by atoms with Gasteiger partial charge in [0.25, 0.3) is 0 Å². The van der Waals surface area contributed by atoms with Crippen LogP contribution in [-0.2, 0) is 56.1 Å². The lowest BCUT2D eigenvalue weighted by molar-refractivity contribution is -0.132. The molecule has 20 aliphatic rings. The topological polar surface area (TPSA) is 251 Å². The predicted octanol–water partition coefficient (Wildman–Crippen LogP) is 26.8. The molecule has 17 heteroatoms. The summed E-state index contributed by atoms with van der Waals surface area (Å²) in [5, 5.41) is 56.9. The highest BCUT2D eigenvalue weighted by Crippen LogP contribution is 2.72. The number of ketones is 5. The fourth-order valence-corrected chi connectivity index (χ4v) is 43.6. The number of carbonyl (C=O) groups excluding carboxylic acids is 5. The Labute approximate surface area is 879 Å². The second-order valence-electron chi connectivity index (χ2n) is 56.7. The van der Waals surface area contributed by atoms with Gasteiger partial charge in [0.15, 0.2) is 0 Å². The third kappa shape index (κ3) is 20.9. The molecule has 0 aliphatic heterocycles. The minimum absolute atomic E-state index is 0.174. The van der Waals surface area contributed by atoms with E-state index < -0.39 is 28.0 Å². The van der Waals surface area contributed by atoms with Crippen molar-refractivity contribution in [1.82, 2.24) is 24.9 Å². The lowest BCUT2D eigenvalue weighted by Gasteiger charge is -2.56. The first-order chi connectivity index (χ1) is 69.2. The van der Waals surface area contributed by atoms with Gasteiger partial charge in [-0.3, -0.25) is 38.9 Å². The average Bonchev–Trinajstić information content (AvgIpc) is 1.58. The lowest BCUT2D eigenvalue weighted by Crippen LogP contribution is -2.51. The lowest BCUT2D eigenvalue weighted by atomic mass is 9.49. The Hall–Kier alpha value is -5.14. The molecule has 5 N–H and O–H groups in total. The molecule has 0 saturated heterocycles. The van der Waals surface area contributed by atoms with E-state index in [0.29, 0.717) is 66.9 Å². The SMILES string of the molecule is C[C@@]1(O)CC[C@H]2[C@H](CC[C@@H]3[C@@H]2CC[C@]2(C)[C@@H](C(=O)Cc4ccccc4)CC[C@@H]32)C1.C[C@@]1(O)CC[C@H]2[C@H](CC[C@@H]3[C@@H]2CC[C@]2(C)[C@@H](C(=O)Cc4cccnc4)CC[C@@H]32)C1.C[C@@]1(O)CC[C@H]2[C@H](CC[C@@H]3[C@@H]2CC[C@]2(C)[C@@H](C(=O)Cc4cnccn4)CC[C@@H]32)C1.C[C@@]1(O)CC[C@H]2[C@H](CC[C@@H]3[C@@H]2CC[C@]2(C)[C@@H](C(=O)Cc4nccs4)CC[C@@H]32)C1.Cc1nc(CC(=O)[C@H]2CC[C@H]3[C@@H]4CC[C@@H]5C[C@](C)(O)CC[C@@H]5[C@H]4CC[C@]23C)sc1C. The molecule has 0 amide bonds. The highest BCUT2D eigenvalue weighted by Gasteiger charge is 2.66. The summed E-state index contributed by atoms with van der Waals surface area (Å²) in [6, 6.07) is 14.3. The van der Waals surface area contributed by atoms with Gasteiger partial charge in [0.2, 0.25) is 0 Å². The second kappa shape index (κ2) is 41.6. The van der Waals surface area contributed by atoms with Crippen LogP contribution in [-0.4, -0.2) is 107 Å². The molecule has 20 saturated carbocycles. The Morgan fingerprint density at radius 3 is 0.890 bits per heavy atom. The first-order valence-electron chi connectivity index (χ1n) is 59.9. The van der Waals surface area contributed by atoms with Crippen LogP contribution >= 0.6 is 22.7 Å². The number of nitrogens with zero attached hydrogens (tertiary/aromatic N) is 5. The van der Waals surface area contributed by atoms with E-state index in [4.69, 9.17) is 0 Å². The number of aryl methyl sites for hydroxylation is 2. The van der Waals surface area contributed by atoms with Crippen molar-refractivity contribution in [1.29, 1.82) is 0 Å². The molecule has 0 spiro atoms. The highest BCUT2D eigenvalue weighted by molar-refractivity contribution is 7.11.